The van der Waals surface area contributed by atoms with Crippen LogP contribution in [0.25, 0.3) is 10.4 Å². The van der Waals surface area contributed by atoms with E-state index in [-0.39, 0.29) is 5.82 Å². The molecule has 6 heteroatoms. The number of nitrogens with one attached hydrogen (secondary N) is 1. The first-order valence-corrected chi connectivity index (χ1v) is 9.37. The fourth-order valence-corrected chi connectivity index (χ4v) is 3.90. The van der Waals surface area contributed by atoms with E-state index in [9.17, 15) is 4.39 Å². The van der Waals surface area contributed by atoms with Crippen LogP contribution in [0.5, 0.6) is 0 Å². The van der Waals surface area contributed by atoms with Crippen molar-refractivity contribution in [2.24, 2.45) is 7.05 Å². The maximum absolute atomic E-state index is 13.3. The molecular weight excluding hydrogens is 389 g/mol. The lowest BCUT2D eigenvalue weighted by Crippen LogP contribution is -2.27. The molecule has 3 nitrogen and oxygen atoms in total. The standard InChI is InChI=1S/C18H19BrFN3S/c1-12(7-13-3-5-17(20)16(19)8-13)21-10-15-4-6-18(24-15)14-9-22-23(2)11-14/h3-6,8-9,11-12,21H,7,10H2,1-2H3. The van der Waals surface area contributed by atoms with Gasteiger partial charge < -0.3 is 5.32 Å². The van der Waals surface area contributed by atoms with E-state index in [0.29, 0.717) is 10.5 Å². The Morgan fingerprint density at radius 3 is 2.88 bits per heavy atom. The molecule has 0 aliphatic rings. The fraction of sp³-hybridized carbons (Fsp3) is 0.278. The Labute approximate surface area is 153 Å². The van der Waals surface area contributed by atoms with Crippen molar-refractivity contribution in [3.63, 3.8) is 0 Å². The van der Waals surface area contributed by atoms with Gasteiger partial charge in [-0.1, -0.05) is 6.07 Å². The second-order valence-electron chi connectivity index (χ2n) is 5.90. The van der Waals surface area contributed by atoms with Gasteiger partial charge in [-0.15, -0.1) is 11.3 Å². The molecule has 3 aromatic rings. The fourth-order valence-electron chi connectivity index (χ4n) is 2.54. The molecule has 1 atom stereocenters. The summed E-state index contributed by atoms with van der Waals surface area (Å²) in [6.07, 6.45) is 4.77. The summed E-state index contributed by atoms with van der Waals surface area (Å²) in [6, 6.07) is 9.79. The largest absolute Gasteiger partial charge is 0.309 e. The molecule has 0 amide bonds. The van der Waals surface area contributed by atoms with E-state index in [1.54, 1.807) is 11.3 Å². The Morgan fingerprint density at radius 2 is 2.17 bits per heavy atom. The van der Waals surface area contributed by atoms with Crippen LogP contribution in [0.2, 0.25) is 0 Å². The first kappa shape index (κ1) is 17.3. The van der Waals surface area contributed by atoms with Gasteiger partial charge in [0, 0.05) is 41.1 Å². The number of aromatic nitrogens is 2. The molecule has 0 spiro atoms. The number of hydrogen-bond donors (Lipinski definition) is 1. The molecule has 126 valence electrons. The third-order valence-corrected chi connectivity index (χ3v) is 5.54. The SMILES string of the molecule is CC(Cc1ccc(F)c(Br)c1)NCc1ccc(-c2cnn(C)c2)s1. The highest BCUT2D eigenvalue weighted by Crippen LogP contribution is 2.27. The normalized spacial score (nSPS) is 12.5. The van der Waals surface area contributed by atoms with Crippen molar-refractivity contribution in [3.05, 3.63) is 63.5 Å². The summed E-state index contributed by atoms with van der Waals surface area (Å²) in [5.74, 6) is -0.221. The number of hydrogen-bond acceptors (Lipinski definition) is 3. The lowest BCUT2D eigenvalue weighted by atomic mass is 10.1. The van der Waals surface area contributed by atoms with Crippen molar-refractivity contribution >= 4 is 27.3 Å². The summed E-state index contributed by atoms with van der Waals surface area (Å²) in [5.41, 5.74) is 2.27. The molecule has 0 radical (unpaired) electrons. The van der Waals surface area contributed by atoms with Gasteiger partial charge in [-0.2, -0.15) is 5.10 Å². The zero-order chi connectivity index (χ0) is 17.1. The molecule has 0 aliphatic carbocycles. The second kappa shape index (κ2) is 7.59. The predicted molar refractivity (Wildman–Crippen MR) is 101 cm³/mol. The van der Waals surface area contributed by atoms with Gasteiger partial charge in [0.2, 0.25) is 0 Å². The highest BCUT2D eigenvalue weighted by Gasteiger charge is 2.08. The summed E-state index contributed by atoms with van der Waals surface area (Å²) in [7, 11) is 1.93. The van der Waals surface area contributed by atoms with Crippen molar-refractivity contribution in [3.8, 4) is 10.4 Å². The Kier molecular flexibility index (Phi) is 5.48. The van der Waals surface area contributed by atoms with Crippen LogP contribution in [0.15, 0.2) is 47.2 Å². The quantitative estimate of drug-likeness (QED) is 0.637. The maximum Gasteiger partial charge on any atom is 0.137 e. The van der Waals surface area contributed by atoms with Crippen molar-refractivity contribution in [2.75, 3.05) is 0 Å². The molecule has 0 aliphatic heterocycles. The monoisotopic (exact) mass is 407 g/mol. The van der Waals surface area contributed by atoms with E-state index in [2.05, 4.69) is 45.4 Å². The molecular formula is C18H19BrFN3S. The van der Waals surface area contributed by atoms with Crippen LogP contribution in [0.4, 0.5) is 4.39 Å². The van der Waals surface area contributed by atoms with E-state index < -0.39 is 0 Å². The average Bonchev–Trinajstić information content (AvgIpc) is 3.18. The summed E-state index contributed by atoms with van der Waals surface area (Å²) in [4.78, 5) is 2.52. The Morgan fingerprint density at radius 1 is 1.33 bits per heavy atom. The average molecular weight is 408 g/mol. The van der Waals surface area contributed by atoms with Crippen LogP contribution in [0.3, 0.4) is 0 Å². The van der Waals surface area contributed by atoms with E-state index in [1.807, 2.05) is 36.3 Å². The first-order chi connectivity index (χ1) is 11.5. The van der Waals surface area contributed by atoms with Crippen LogP contribution in [0.1, 0.15) is 17.4 Å². The molecule has 1 aromatic carbocycles. The number of thiophene rings is 1. The van der Waals surface area contributed by atoms with Gasteiger partial charge in [0.25, 0.3) is 0 Å². The Bertz CT molecular complexity index is 827. The first-order valence-electron chi connectivity index (χ1n) is 7.76. The summed E-state index contributed by atoms with van der Waals surface area (Å²) in [6.45, 7) is 2.97. The number of rotatable bonds is 6. The molecule has 3 rings (SSSR count). The molecule has 0 fully saturated rings. The van der Waals surface area contributed by atoms with Gasteiger partial charge in [0.15, 0.2) is 0 Å². The summed E-state index contributed by atoms with van der Waals surface area (Å²) < 4.78 is 15.6. The molecule has 2 heterocycles. The molecule has 2 aromatic heterocycles. The van der Waals surface area contributed by atoms with Gasteiger partial charge >= 0.3 is 0 Å². The van der Waals surface area contributed by atoms with Crippen molar-refractivity contribution in [1.82, 2.24) is 15.1 Å². The van der Waals surface area contributed by atoms with Crippen LogP contribution < -0.4 is 5.32 Å². The summed E-state index contributed by atoms with van der Waals surface area (Å²) >= 11 is 5.02. The number of benzene rings is 1. The van der Waals surface area contributed by atoms with E-state index >= 15 is 0 Å². The smallest absolute Gasteiger partial charge is 0.137 e. The minimum Gasteiger partial charge on any atom is -0.309 e. The topological polar surface area (TPSA) is 29.9 Å². The minimum atomic E-state index is -0.221. The molecule has 24 heavy (non-hydrogen) atoms. The van der Waals surface area contributed by atoms with Crippen molar-refractivity contribution < 1.29 is 4.39 Å². The molecule has 1 N–H and O–H groups in total. The summed E-state index contributed by atoms with van der Waals surface area (Å²) in [5, 5.41) is 7.75. The molecule has 1 unspecified atom stereocenters. The van der Waals surface area contributed by atoms with E-state index in [0.717, 1.165) is 24.1 Å². The van der Waals surface area contributed by atoms with Crippen LogP contribution in [-0.4, -0.2) is 15.8 Å². The molecule has 0 saturated heterocycles. The zero-order valence-electron chi connectivity index (χ0n) is 13.6. The van der Waals surface area contributed by atoms with Crippen molar-refractivity contribution in [2.45, 2.75) is 25.9 Å². The number of nitrogens with zero attached hydrogens (tertiary/aromatic N) is 2. The highest BCUT2D eigenvalue weighted by atomic mass is 79.9. The molecule has 0 saturated carbocycles. The zero-order valence-corrected chi connectivity index (χ0v) is 16.0. The van der Waals surface area contributed by atoms with Gasteiger partial charge in [0.05, 0.1) is 10.7 Å². The van der Waals surface area contributed by atoms with Gasteiger partial charge in [0.1, 0.15) is 5.82 Å². The second-order valence-corrected chi connectivity index (χ2v) is 7.93. The third kappa shape index (κ3) is 4.32. The minimum absolute atomic E-state index is 0.221. The van der Waals surface area contributed by atoms with Crippen molar-refractivity contribution in [1.29, 1.82) is 0 Å². The van der Waals surface area contributed by atoms with Crippen LogP contribution in [-0.2, 0) is 20.0 Å². The van der Waals surface area contributed by atoms with Crippen LogP contribution in [0, 0.1) is 5.82 Å². The Hall–Kier alpha value is -1.50. The third-order valence-electron chi connectivity index (χ3n) is 3.80. The van der Waals surface area contributed by atoms with Gasteiger partial charge in [-0.3, -0.25) is 4.68 Å². The number of halogens is 2. The predicted octanol–water partition coefficient (Wildman–Crippen LogP) is 4.77. The van der Waals surface area contributed by atoms with Gasteiger partial charge in [-0.05, 0) is 59.1 Å². The van der Waals surface area contributed by atoms with Crippen LogP contribution >= 0.6 is 27.3 Å². The lowest BCUT2D eigenvalue weighted by molar-refractivity contribution is 0.547. The van der Waals surface area contributed by atoms with E-state index in [1.165, 1.54) is 15.8 Å². The Balaban J connectivity index is 1.55. The van der Waals surface area contributed by atoms with Gasteiger partial charge in [-0.25, -0.2) is 4.39 Å². The molecule has 0 bridgehead atoms. The highest BCUT2D eigenvalue weighted by molar-refractivity contribution is 9.10. The van der Waals surface area contributed by atoms with E-state index in [4.69, 9.17) is 0 Å². The maximum atomic E-state index is 13.3. The number of aryl methyl sites for hydroxylation is 1. The lowest BCUT2D eigenvalue weighted by Gasteiger charge is -2.13.